The number of benzene rings is 1. The topological polar surface area (TPSA) is 93.7 Å². The minimum atomic E-state index is -0.805. The van der Waals surface area contributed by atoms with E-state index in [0.29, 0.717) is 6.42 Å². The molecule has 2 N–H and O–H groups in total. The van der Waals surface area contributed by atoms with Crippen LogP contribution in [0.4, 0.5) is 4.79 Å². The van der Waals surface area contributed by atoms with Crippen LogP contribution < -0.4 is 10.6 Å². The van der Waals surface area contributed by atoms with E-state index in [1.807, 2.05) is 44.2 Å². The van der Waals surface area contributed by atoms with E-state index in [1.165, 1.54) is 14.0 Å². The fourth-order valence-electron chi connectivity index (χ4n) is 2.13. The average molecular weight is 350 g/mol. The highest BCUT2D eigenvalue weighted by molar-refractivity contribution is 5.89. The van der Waals surface area contributed by atoms with Gasteiger partial charge in [0.25, 0.3) is 0 Å². The molecule has 0 aromatic heterocycles. The number of hydrogen-bond acceptors (Lipinski definition) is 5. The lowest BCUT2D eigenvalue weighted by Crippen LogP contribution is -2.53. The number of nitrogens with one attached hydrogen (secondary N) is 2. The highest BCUT2D eigenvalue weighted by Crippen LogP contribution is 2.09. The SMILES string of the molecule is CC[C@@H](C)[C@@H](NC(=O)OCc1ccccc1)C(=O)N[C@@H](C)C(=O)OC. The van der Waals surface area contributed by atoms with Gasteiger partial charge in [-0.15, -0.1) is 0 Å². The Bertz CT molecular complexity index is 576. The summed E-state index contributed by atoms with van der Waals surface area (Å²) < 4.78 is 9.74. The van der Waals surface area contributed by atoms with Gasteiger partial charge < -0.3 is 20.1 Å². The molecule has 0 heterocycles. The van der Waals surface area contributed by atoms with Crippen LogP contribution in [0.5, 0.6) is 0 Å². The molecule has 2 amide bonds. The van der Waals surface area contributed by atoms with E-state index in [2.05, 4.69) is 15.4 Å². The molecule has 0 radical (unpaired) electrons. The molecule has 1 aromatic carbocycles. The van der Waals surface area contributed by atoms with Gasteiger partial charge in [0.1, 0.15) is 18.7 Å². The van der Waals surface area contributed by atoms with Crippen LogP contribution in [0.3, 0.4) is 0 Å². The molecule has 0 bridgehead atoms. The second-order valence-electron chi connectivity index (χ2n) is 5.82. The number of esters is 1. The zero-order valence-corrected chi connectivity index (χ0v) is 15.1. The summed E-state index contributed by atoms with van der Waals surface area (Å²) in [4.78, 5) is 35.9. The van der Waals surface area contributed by atoms with E-state index in [4.69, 9.17) is 4.74 Å². The van der Waals surface area contributed by atoms with E-state index in [-0.39, 0.29) is 12.5 Å². The molecular weight excluding hydrogens is 324 g/mol. The molecule has 0 aliphatic rings. The van der Waals surface area contributed by atoms with Crippen LogP contribution in [-0.2, 0) is 25.7 Å². The van der Waals surface area contributed by atoms with E-state index >= 15 is 0 Å². The van der Waals surface area contributed by atoms with Gasteiger partial charge in [0.2, 0.25) is 5.91 Å². The summed E-state index contributed by atoms with van der Waals surface area (Å²) in [5.41, 5.74) is 0.849. The summed E-state index contributed by atoms with van der Waals surface area (Å²) in [5, 5.41) is 5.12. The standard InChI is InChI=1S/C18H26N2O5/c1-5-12(2)15(16(21)19-13(3)17(22)24-4)20-18(23)25-11-14-9-7-6-8-10-14/h6-10,12-13,15H,5,11H2,1-4H3,(H,19,21)(H,20,23)/t12-,13+,15-/m1/s1. The summed E-state index contributed by atoms with van der Waals surface area (Å²) in [6.07, 6.45) is -0.0149. The maximum atomic E-state index is 12.4. The second-order valence-corrected chi connectivity index (χ2v) is 5.82. The van der Waals surface area contributed by atoms with Crippen molar-refractivity contribution >= 4 is 18.0 Å². The zero-order chi connectivity index (χ0) is 18.8. The van der Waals surface area contributed by atoms with Crippen LogP contribution in [0.2, 0.25) is 0 Å². The minimum absolute atomic E-state index is 0.111. The van der Waals surface area contributed by atoms with Gasteiger partial charge in [-0.1, -0.05) is 50.6 Å². The summed E-state index contributed by atoms with van der Waals surface area (Å²) in [5.74, 6) is -1.14. The number of methoxy groups -OCH3 is 1. The minimum Gasteiger partial charge on any atom is -0.467 e. The van der Waals surface area contributed by atoms with Gasteiger partial charge in [-0.2, -0.15) is 0 Å². The van der Waals surface area contributed by atoms with Gasteiger partial charge in [0.05, 0.1) is 7.11 Å². The number of rotatable bonds is 8. The smallest absolute Gasteiger partial charge is 0.408 e. The number of hydrogen-bond donors (Lipinski definition) is 2. The molecule has 7 nitrogen and oxygen atoms in total. The zero-order valence-electron chi connectivity index (χ0n) is 15.1. The Labute approximate surface area is 148 Å². The Morgan fingerprint density at radius 2 is 1.72 bits per heavy atom. The Morgan fingerprint density at radius 3 is 2.28 bits per heavy atom. The lowest BCUT2D eigenvalue weighted by molar-refractivity contribution is -0.144. The van der Waals surface area contributed by atoms with Gasteiger partial charge in [-0.25, -0.2) is 9.59 Å². The van der Waals surface area contributed by atoms with E-state index in [0.717, 1.165) is 5.56 Å². The highest BCUT2D eigenvalue weighted by atomic mass is 16.5. The predicted molar refractivity (Wildman–Crippen MR) is 92.6 cm³/mol. The van der Waals surface area contributed by atoms with Crippen molar-refractivity contribution in [1.82, 2.24) is 10.6 Å². The first-order valence-electron chi connectivity index (χ1n) is 8.24. The molecule has 0 fully saturated rings. The van der Waals surface area contributed by atoms with Crippen LogP contribution >= 0.6 is 0 Å². The third-order valence-corrected chi connectivity index (χ3v) is 3.90. The molecule has 0 unspecified atom stereocenters. The van der Waals surface area contributed by atoms with E-state index < -0.39 is 30.1 Å². The summed E-state index contributed by atoms with van der Waals surface area (Å²) >= 11 is 0. The first-order chi connectivity index (χ1) is 11.9. The number of carbonyl (C=O) groups is 3. The van der Waals surface area contributed by atoms with Gasteiger partial charge in [-0.3, -0.25) is 4.79 Å². The fourth-order valence-corrected chi connectivity index (χ4v) is 2.13. The van der Waals surface area contributed by atoms with Crippen LogP contribution in [0, 0.1) is 5.92 Å². The molecule has 138 valence electrons. The van der Waals surface area contributed by atoms with Gasteiger partial charge in [0, 0.05) is 0 Å². The lowest BCUT2D eigenvalue weighted by atomic mass is 9.98. The van der Waals surface area contributed by atoms with Crippen molar-refractivity contribution in [3.05, 3.63) is 35.9 Å². The van der Waals surface area contributed by atoms with Crippen molar-refractivity contribution in [1.29, 1.82) is 0 Å². The van der Waals surface area contributed by atoms with Crippen molar-refractivity contribution in [2.45, 2.75) is 45.9 Å². The molecule has 0 aliphatic heterocycles. The molecule has 25 heavy (non-hydrogen) atoms. The van der Waals surface area contributed by atoms with Crippen molar-refractivity contribution in [2.75, 3.05) is 7.11 Å². The summed E-state index contributed by atoms with van der Waals surface area (Å²) in [6, 6.07) is 7.64. The Hall–Kier alpha value is -2.57. The predicted octanol–water partition coefficient (Wildman–Crippen LogP) is 2.01. The fraction of sp³-hybridized carbons (Fsp3) is 0.500. The molecule has 0 aliphatic carbocycles. The quantitative estimate of drug-likeness (QED) is 0.700. The summed E-state index contributed by atoms with van der Waals surface area (Å²) in [7, 11) is 1.25. The first kappa shape index (κ1) is 20.5. The van der Waals surface area contributed by atoms with Crippen molar-refractivity contribution < 1.29 is 23.9 Å². The second kappa shape index (κ2) is 10.3. The molecule has 3 atom stereocenters. The van der Waals surface area contributed by atoms with Gasteiger partial charge in [-0.05, 0) is 18.4 Å². The van der Waals surface area contributed by atoms with E-state index in [9.17, 15) is 14.4 Å². The molecule has 0 saturated carbocycles. The van der Waals surface area contributed by atoms with Crippen molar-refractivity contribution in [2.24, 2.45) is 5.92 Å². The monoisotopic (exact) mass is 350 g/mol. The lowest BCUT2D eigenvalue weighted by Gasteiger charge is -2.24. The Kier molecular flexibility index (Phi) is 8.46. The average Bonchev–Trinajstić information content (AvgIpc) is 2.63. The number of carbonyl (C=O) groups excluding carboxylic acids is 3. The molecule has 7 heteroatoms. The Balaban J connectivity index is 2.63. The number of ether oxygens (including phenoxy) is 2. The Morgan fingerprint density at radius 1 is 1.08 bits per heavy atom. The maximum absolute atomic E-state index is 12.4. The van der Waals surface area contributed by atoms with Crippen LogP contribution in [0.25, 0.3) is 0 Å². The maximum Gasteiger partial charge on any atom is 0.408 e. The molecule has 0 spiro atoms. The normalized spacial score (nSPS) is 13.9. The van der Waals surface area contributed by atoms with Crippen LogP contribution in [-0.4, -0.2) is 37.2 Å². The first-order valence-corrected chi connectivity index (χ1v) is 8.24. The highest BCUT2D eigenvalue weighted by Gasteiger charge is 2.29. The number of amides is 2. The molecule has 1 rings (SSSR count). The van der Waals surface area contributed by atoms with Crippen molar-refractivity contribution in [3.63, 3.8) is 0 Å². The third kappa shape index (κ3) is 6.82. The third-order valence-electron chi connectivity index (χ3n) is 3.90. The molecule has 0 saturated heterocycles. The molecular formula is C18H26N2O5. The van der Waals surface area contributed by atoms with Crippen LogP contribution in [0.15, 0.2) is 30.3 Å². The largest absolute Gasteiger partial charge is 0.467 e. The number of alkyl carbamates (subject to hydrolysis) is 1. The van der Waals surface area contributed by atoms with Crippen LogP contribution in [0.1, 0.15) is 32.8 Å². The summed E-state index contributed by atoms with van der Waals surface area (Å²) in [6.45, 7) is 5.38. The molecule has 1 aromatic rings. The van der Waals surface area contributed by atoms with Gasteiger partial charge in [0.15, 0.2) is 0 Å². The van der Waals surface area contributed by atoms with E-state index in [1.54, 1.807) is 0 Å². The van der Waals surface area contributed by atoms with Crippen molar-refractivity contribution in [3.8, 4) is 0 Å². The van der Waals surface area contributed by atoms with Gasteiger partial charge >= 0.3 is 12.1 Å².